The number of aryl methyl sites for hydroxylation is 1. The van der Waals surface area contributed by atoms with Crippen LogP contribution in [0, 0.1) is 12.8 Å². The van der Waals surface area contributed by atoms with Gasteiger partial charge < -0.3 is 10.2 Å². The molecule has 1 N–H and O–H groups in total. The normalized spacial score (nSPS) is 17.5. The maximum atomic E-state index is 13.4. The molecule has 1 aliphatic rings. The van der Waals surface area contributed by atoms with Gasteiger partial charge in [-0.2, -0.15) is 18.3 Å². The van der Waals surface area contributed by atoms with E-state index in [1.54, 1.807) is 0 Å². The summed E-state index contributed by atoms with van der Waals surface area (Å²) in [6, 6.07) is 6.06. The Morgan fingerprint density at radius 2 is 2.03 bits per heavy atom. The van der Waals surface area contributed by atoms with Crippen LogP contribution >= 0.6 is 0 Å². The largest absolute Gasteiger partial charge is 0.418 e. The average molecular weight is 436 g/mol. The minimum atomic E-state index is -4.60. The molecular weight excluding hydrogens is 409 g/mol. The van der Waals surface area contributed by atoms with E-state index in [9.17, 15) is 22.8 Å². The van der Waals surface area contributed by atoms with Crippen LogP contribution in [0.15, 0.2) is 35.1 Å². The minimum absolute atomic E-state index is 0.206. The number of para-hydroxylation sites is 1. The van der Waals surface area contributed by atoms with Gasteiger partial charge in [0.1, 0.15) is 0 Å². The van der Waals surface area contributed by atoms with Crippen molar-refractivity contribution in [2.45, 2.75) is 39.3 Å². The first-order valence-electron chi connectivity index (χ1n) is 10.4. The fourth-order valence-corrected chi connectivity index (χ4v) is 3.92. The van der Waals surface area contributed by atoms with Crippen molar-refractivity contribution in [3.05, 3.63) is 57.5 Å². The number of amides is 1. The maximum Gasteiger partial charge on any atom is 0.418 e. The molecule has 31 heavy (non-hydrogen) atoms. The Balaban J connectivity index is 1.73. The summed E-state index contributed by atoms with van der Waals surface area (Å²) < 4.78 is 41.2. The third-order valence-corrected chi connectivity index (χ3v) is 5.44. The molecule has 168 valence electrons. The highest BCUT2D eigenvalue weighted by Crippen LogP contribution is 2.33. The molecule has 0 bridgehead atoms. The lowest BCUT2D eigenvalue weighted by Gasteiger charge is -2.30. The lowest BCUT2D eigenvalue weighted by molar-refractivity contribution is -0.137. The molecule has 9 heteroatoms. The molecule has 1 unspecified atom stereocenters. The van der Waals surface area contributed by atoms with Gasteiger partial charge in [-0.25, -0.2) is 4.68 Å². The van der Waals surface area contributed by atoms with Crippen molar-refractivity contribution >= 4 is 5.91 Å². The molecule has 3 rings (SSSR count). The van der Waals surface area contributed by atoms with E-state index >= 15 is 0 Å². The molecule has 1 aromatic heterocycles. The Hall–Kier alpha value is -2.68. The van der Waals surface area contributed by atoms with E-state index in [4.69, 9.17) is 0 Å². The van der Waals surface area contributed by atoms with Crippen LogP contribution in [0.4, 0.5) is 13.2 Å². The molecule has 0 spiro atoms. The summed E-state index contributed by atoms with van der Waals surface area (Å²) in [5.41, 5.74) is -1.97. The van der Waals surface area contributed by atoms with Crippen LogP contribution in [-0.4, -0.2) is 46.8 Å². The van der Waals surface area contributed by atoms with Crippen LogP contribution in [0.1, 0.15) is 47.9 Å². The summed E-state index contributed by atoms with van der Waals surface area (Å²) in [5, 5.41) is 6.65. The molecule has 6 nitrogen and oxygen atoms in total. The average Bonchev–Trinajstić information content (AvgIpc) is 2.70. The third-order valence-electron chi connectivity index (χ3n) is 5.44. The van der Waals surface area contributed by atoms with Crippen molar-refractivity contribution < 1.29 is 18.0 Å². The monoisotopic (exact) mass is 436 g/mol. The fraction of sp³-hybridized carbons (Fsp3) is 0.500. The summed E-state index contributed by atoms with van der Waals surface area (Å²) in [4.78, 5) is 27.2. The van der Waals surface area contributed by atoms with Crippen molar-refractivity contribution in [2.24, 2.45) is 5.92 Å². The lowest BCUT2D eigenvalue weighted by Crippen LogP contribution is -2.37. The SMILES string of the molecule is Cc1cc(=O)c(C(=O)NCCCN2CCCC(C)C2)nn1-c1ccccc1C(F)(F)F. The van der Waals surface area contributed by atoms with Gasteiger partial charge in [-0.05, 0) is 57.3 Å². The molecule has 2 heterocycles. The Morgan fingerprint density at radius 1 is 1.29 bits per heavy atom. The Kier molecular flexibility index (Phi) is 7.15. The van der Waals surface area contributed by atoms with E-state index in [0.717, 1.165) is 42.9 Å². The molecule has 1 saturated heterocycles. The van der Waals surface area contributed by atoms with Crippen LogP contribution in [0.3, 0.4) is 0 Å². The Bertz CT molecular complexity index is 987. The molecule has 0 aliphatic carbocycles. The van der Waals surface area contributed by atoms with Crippen molar-refractivity contribution in [3.8, 4) is 5.69 Å². The minimum Gasteiger partial charge on any atom is -0.350 e. The van der Waals surface area contributed by atoms with Crippen LogP contribution in [0.5, 0.6) is 0 Å². The van der Waals surface area contributed by atoms with Crippen LogP contribution < -0.4 is 10.7 Å². The van der Waals surface area contributed by atoms with Crippen molar-refractivity contribution in [2.75, 3.05) is 26.2 Å². The standard InChI is InChI=1S/C22H27F3N4O2/c1-15-7-5-11-28(14-15)12-6-10-26-21(31)20-19(30)13-16(2)29(27-20)18-9-4-3-8-17(18)22(23,24)25/h3-4,8-9,13,15H,5-7,10-12,14H2,1-2H3,(H,26,31). The molecule has 1 amide bonds. The summed E-state index contributed by atoms with van der Waals surface area (Å²) in [5.74, 6) is -0.0200. The summed E-state index contributed by atoms with van der Waals surface area (Å²) in [6.45, 7) is 6.98. The number of rotatable bonds is 6. The van der Waals surface area contributed by atoms with E-state index in [1.165, 1.54) is 38.0 Å². The Labute approximate surface area is 179 Å². The molecule has 1 atom stereocenters. The number of hydrogen-bond acceptors (Lipinski definition) is 4. The van der Waals surface area contributed by atoms with Gasteiger partial charge in [-0.15, -0.1) is 0 Å². The van der Waals surface area contributed by atoms with Crippen LogP contribution in [-0.2, 0) is 6.18 Å². The number of nitrogens with zero attached hydrogens (tertiary/aromatic N) is 3. The van der Waals surface area contributed by atoms with E-state index in [2.05, 4.69) is 22.2 Å². The molecule has 2 aromatic rings. The highest BCUT2D eigenvalue weighted by molar-refractivity contribution is 5.92. The van der Waals surface area contributed by atoms with Gasteiger partial charge in [0.2, 0.25) is 5.43 Å². The molecular formula is C22H27F3N4O2. The number of carbonyl (C=O) groups is 1. The highest BCUT2D eigenvalue weighted by atomic mass is 19.4. The zero-order valence-corrected chi connectivity index (χ0v) is 17.7. The van der Waals surface area contributed by atoms with E-state index < -0.39 is 28.8 Å². The number of carbonyl (C=O) groups excluding carboxylic acids is 1. The van der Waals surface area contributed by atoms with Gasteiger partial charge in [-0.1, -0.05) is 19.1 Å². The zero-order chi connectivity index (χ0) is 22.6. The Morgan fingerprint density at radius 3 is 2.74 bits per heavy atom. The molecule has 1 fully saturated rings. The quantitative estimate of drug-likeness (QED) is 0.705. The van der Waals surface area contributed by atoms with Gasteiger partial charge in [-0.3, -0.25) is 9.59 Å². The molecule has 1 aromatic carbocycles. The van der Waals surface area contributed by atoms with Gasteiger partial charge in [0.05, 0.1) is 11.3 Å². The van der Waals surface area contributed by atoms with Crippen molar-refractivity contribution in [1.29, 1.82) is 0 Å². The van der Waals surface area contributed by atoms with Gasteiger partial charge >= 0.3 is 6.18 Å². The van der Waals surface area contributed by atoms with Crippen molar-refractivity contribution in [1.82, 2.24) is 20.0 Å². The van der Waals surface area contributed by atoms with Gasteiger partial charge in [0.25, 0.3) is 5.91 Å². The first-order valence-corrected chi connectivity index (χ1v) is 10.4. The highest BCUT2D eigenvalue weighted by Gasteiger charge is 2.34. The third kappa shape index (κ3) is 5.72. The number of aromatic nitrogens is 2. The maximum absolute atomic E-state index is 13.4. The number of nitrogens with one attached hydrogen (secondary N) is 1. The van der Waals surface area contributed by atoms with E-state index in [0.29, 0.717) is 12.5 Å². The second-order valence-electron chi connectivity index (χ2n) is 8.08. The van der Waals surface area contributed by atoms with E-state index in [-0.39, 0.29) is 11.4 Å². The molecule has 1 aliphatic heterocycles. The number of halogens is 3. The molecule has 0 radical (unpaired) electrons. The van der Waals surface area contributed by atoms with Crippen LogP contribution in [0.25, 0.3) is 5.69 Å². The summed E-state index contributed by atoms with van der Waals surface area (Å²) in [7, 11) is 0. The first kappa shape index (κ1) is 23.0. The second-order valence-corrected chi connectivity index (χ2v) is 8.08. The molecule has 0 saturated carbocycles. The number of likely N-dealkylation sites (tertiary alicyclic amines) is 1. The second kappa shape index (κ2) is 9.64. The zero-order valence-electron chi connectivity index (χ0n) is 17.7. The predicted molar refractivity (Wildman–Crippen MR) is 111 cm³/mol. The number of hydrogen-bond donors (Lipinski definition) is 1. The smallest absolute Gasteiger partial charge is 0.350 e. The first-order chi connectivity index (χ1) is 14.7. The van der Waals surface area contributed by atoms with Crippen LogP contribution in [0.2, 0.25) is 0 Å². The van der Waals surface area contributed by atoms with Gasteiger partial charge in [0.15, 0.2) is 5.69 Å². The topological polar surface area (TPSA) is 67.2 Å². The predicted octanol–water partition coefficient (Wildman–Crippen LogP) is 3.41. The lowest BCUT2D eigenvalue weighted by atomic mass is 10.0. The summed E-state index contributed by atoms with van der Waals surface area (Å²) in [6.07, 6.45) is -1.48. The van der Waals surface area contributed by atoms with Gasteiger partial charge in [0, 0.05) is 24.8 Å². The summed E-state index contributed by atoms with van der Waals surface area (Å²) >= 11 is 0. The fourth-order valence-electron chi connectivity index (χ4n) is 3.92. The number of piperidine rings is 1. The number of alkyl halides is 3. The van der Waals surface area contributed by atoms with Crippen molar-refractivity contribution in [3.63, 3.8) is 0 Å². The van der Waals surface area contributed by atoms with E-state index in [1.807, 2.05) is 0 Å². The number of benzene rings is 1.